The molecule has 0 atom stereocenters. The molecule has 33 heavy (non-hydrogen) atoms. The second-order valence-corrected chi connectivity index (χ2v) is 12.3. The standard InChI is InChI=1S/C30H64NS.HI/c1-5-7-9-11-12-13-14-15-16-17-18-19-20-21-22-23-27-31(3,4)28-24-26-30-32-29-25-10-8-6-2;/h5-30H2,1-4H3;1H/q+1;/p-1. The Morgan fingerprint density at radius 1 is 0.394 bits per heavy atom. The van der Waals surface area contributed by atoms with E-state index in [-0.39, 0.29) is 24.0 Å². The Kier molecular flexibility index (Phi) is 32.1. The molecule has 0 N–H and O–H groups in total. The van der Waals surface area contributed by atoms with Crippen LogP contribution in [0.5, 0.6) is 0 Å². The van der Waals surface area contributed by atoms with Crippen LogP contribution in [0.25, 0.3) is 0 Å². The summed E-state index contributed by atoms with van der Waals surface area (Å²) in [6.45, 7) is 7.35. The van der Waals surface area contributed by atoms with Crippen LogP contribution in [0.15, 0.2) is 0 Å². The summed E-state index contributed by atoms with van der Waals surface area (Å²) in [6.07, 6.45) is 31.9. The number of unbranched alkanes of at least 4 members (excludes halogenated alkanes) is 19. The summed E-state index contributed by atoms with van der Waals surface area (Å²) >= 11 is 2.19. The summed E-state index contributed by atoms with van der Waals surface area (Å²) in [6, 6.07) is 0. The van der Waals surface area contributed by atoms with Crippen molar-refractivity contribution in [2.45, 2.75) is 155 Å². The lowest BCUT2D eigenvalue weighted by Crippen LogP contribution is -3.00. The predicted octanol–water partition coefficient (Wildman–Crippen LogP) is 7.42. The van der Waals surface area contributed by atoms with Crippen LogP contribution in [0.4, 0.5) is 0 Å². The normalized spacial score (nSPS) is 11.6. The van der Waals surface area contributed by atoms with Gasteiger partial charge in [0.25, 0.3) is 0 Å². The van der Waals surface area contributed by atoms with Gasteiger partial charge in [-0.1, -0.05) is 123 Å². The SMILES string of the molecule is CCCCCCCCCCCCCCCCCC[N+](C)(C)CCCCSCCCCCC.[I-]. The predicted molar refractivity (Wildman–Crippen MR) is 152 cm³/mol. The van der Waals surface area contributed by atoms with Crippen LogP contribution in [0.3, 0.4) is 0 Å². The molecule has 0 aromatic heterocycles. The first-order valence-electron chi connectivity index (χ1n) is 15.0. The largest absolute Gasteiger partial charge is 1.00 e. The van der Waals surface area contributed by atoms with Crippen LogP contribution < -0.4 is 24.0 Å². The van der Waals surface area contributed by atoms with Crippen molar-refractivity contribution in [3.05, 3.63) is 0 Å². The second-order valence-electron chi connectivity index (χ2n) is 11.1. The molecular formula is C30H64INS. The van der Waals surface area contributed by atoms with E-state index in [2.05, 4.69) is 39.7 Å². The van der Waals surface area contributed by atoms with Crippen molar-refractivity contribution >= 4 is 11.8 Å². The molecule has 202 valence electrons. The number of nitrogens with zero attached hydrogens (tertiary/aromatic N) is 1. The molecule has 0 aliphatic carbocycles. The summed E-state index contributed by atoms with van der Waals surface area (Å²) in [7, 11) is 4.90. The van der Waals surface area contributed by atoms with Crippen molar-refractivity contribution in [3.63, 3.8) is 0 Å². The maximum Gasteiger partial charge on any atom is 0.0782 e. The summed E-state index contributed by atoms with van der Waals surface area (Å²) in [5.74, 6) is 2.77. The van der Waals surface area contributed by atoms with Gasteiger partial charge in [-0.25, -0.2) is 0 Å². The number of hydrogen-bond acceptors (Lipinski definition) is 1. The molecule has 0 heterocycles. The van der Waals surface area contributed by atoms with Gasteiger partial charge in [0.2, 0.25) is 0 Å². The van der Waals surface area contributed by atoms with Gasteiger partial charge in [0, 0.05) is 0 Å². The topological polar surface area (TPSA) is 0 Å². The molecule has 3 heteroatoms. The average Bonchev–Trinajstić information content (AvgIpc) is 2.77. The van der Waals surface area contributed by atoms with Gasteiger partial charge in [-0.2, -0.15) is 11.8 Å². The number of thioether (sulfide) groups is 1. The van der Waals surface area contributed by atoms with Gasteiger partial charge >= 0.3 is 0 Å². The zero-order valence-electron chi connectivity index (χ0n) is 23.6. The van der Waals surface area contributed by atoms with Crippen LogP contribution in [0.2, 0.25) is 0 Å². The first kappa shape index (κ1) is 36.2. The van der Waals surface area contributed by atoms with Crippen molar-refractivity contribution in [1.82, 2.24) is 0 Å². The highest BCUT2D eigenvalue weighted by Crippen LogP contribution is 2.15. The molecule has 0 spiro atoms. The minimum Gasteiger partial charge on any atom is -1.00 e. The fraction of sp³-hybridized carbons (Fsp3) is 1.00. The fourth-order valence-electron chi connectivity index (χ4n) is 4.68. The quantitative estimate of drug-likeness (QED) is 0.0540. The highest BCUT2D eigenvalue weighted by Gasteiger charge is 2.13. The van der Waals surface area contributed by atoms with Gasteiger partial charge in [0.1, 0.15) is 0 Å². The number of rotatable bonds is 27. The van der Waals surface area contributed by atoms with Gasteiger partial charge in [-0.15, -0.1) is 0 Å². The first-order valence-corrected chi connectivity index (χ1v) is 16.2. The van der Waals surface area contributed by atoms with E-state index in [0.29, 0.717) is 0 Å². The second kappa shape index (κ2) is 29.3. The van der Waals surface area contributed by atoms with Crippen LogP contribution in [-0.2, 0) is 0 Å². The van der Waals surface area contributed by atoms with Crippen LogP contribution >= 0.6 is 11.8 Å². The summed E-state index contributed by atoms with van der Waals surface area (Å²) in [5.41, 5.74) is 0. The van der Waals surface area contributed by atoms with E-state index in [0.717, 1.165) is 0 Å². The Balaban J connectivity index is 0. The van der Waals surface area contributed by atoms with E-state index in [9.17, 15) is 0 Å². The van der Waals surface area contributed by atoms with E-state index in [1.807, 2.05) is 0 Å². The highest BCUT2D eigenvalue weighted by molar-refractivity contribution is 7.99. The third-order valence-corrected chi connectivity index (χ3v) is 8.22. The molecule has 0 aliphatic heterocycles. The fourth-order valence-corrected chi connectivity index (χ4v) is 5.70. The maximum atomic E-state index is 2.45. The van der Waals surface area contributed by atoms with Crippen molar-refractivity contribution in [2.24, 2.45) is 0 Å². The highest BCUT2D eigenvalue weighted by atomic mass is 127. The van der Waals surface area contributed by atoms with Crippen molar-refractivity contribution in [1.29, 1.82) is 0 Å². The van der Waals surface area contributed by atoms with Gasteiger partial charge in [-0.3, -0.25) is 0 Å². The average molecular weight is 598 g/mol. The van der Waals surface area contributed by atoms with Crippen LogP contribution in [0, 0.1) is 0 Å². The van der Waals surface area contributed by atoms with Crippen LogP contribution in [0.1, 0.15) is 155 Å². The van der Waals surface area contributed by atoms with E-state index in [1.54, 1.807) is 0 Å². The minimum atomic E-state index is 0. The lowest BCUT2D eigenvalue weighted by Gasteiger charge is -2.30. The molecule has 0 unspecified atom stereocenters. The van der Waals surface area contributed by atoms with E-state index < -0.39 is 0 Å². The minimum absolute atomic E-state index is 0. The Hall–Kier alpha value is 1.04. The number of quaternary nitrogens is 1. The molecule has 0 bridgehead atoms. The summed E-state index contributed by atoms with van der Waals surface area (Å²) in [4.78, 5) is 0. The van der Waals surface area contributed by atoms with Crippen molar-refractivity contribution in [3.8, 4) is 0 Å². The first-order chi connectivity index (χ1) is 15.6. The molecule has 1 nitrogen and oxygen atoms in total. The summed E-state index contributed by atoms with van der Waals surface area (Å²) in [5, 5.41) is 0. The Morgan fingerprint density at radius 2 is 0.667 bits per heavy atom. The van der Waals surface area contributed by atoms with E-state index in [1.165, 1.54) is 170 Å². The van der Waals surface area contributed by atoms with Crippen LogP contribution in [-0.4, -0.2) is 43.2 Å². The smallest absolute Gasteiger partial charge is 0.0782 e. The number of hydrogen-bond donors (Lipinski definition) is 0. The zero-order chi connectivity index (χ0) is 23.6. The lowest BCUT2D eigenvalue weighted by molar-refractivity contribution is -0.890. The Labute approximate surface area is 233 Å². The van der Waals surface area contributed by atoms with Crippen molar-refractivity contribution in [2.75, 3.05) is 38.7 Å². The summed E-state index contributed by atoms with van der Waals surface area (Å²) < 4.78 is 1.24. The molecule has 0 amide bonds. The number of halogens is 1. The molecule has 0 rings (SSSR count). The molecule has 0 aromatic carbocycles. The maximum absolute atomic E-state index is 2.45. The molecule has 0 saturated heterocycles. The third kappa shape index (κ3) is 31.0. The van der Waals surface area contributed by atoms with Gasteiger partial charge in [0.15, 0.2) is 0 Å². The molecule has 0 radical (unpaired) electrons. The van der Waals surface area contributed by atoms with E-state index in [4.69, 9.17) is 0 Å². The molecule has 0 aliphatic rings. The van der Waals surface area contributed by atoms with Gasteiger partial charge < -0.3 is 28.5 Å². The van der Waals surface area contributed by atoms with Gasteiger partial charge in [0.05, 0.1) is 27.2 Å². The monoisotopic (exact) mass is 597 g/mol. The Bertz CT molecular complexity index is 348. The molecule has 0 aromatic rings. The Morgan fingerprint density at radius 3 is 1.06 bits per heavy atom. The molecule has 0 saturated carbocycles. The van der Waals surface area contributed by atoms with Gasteiger partial charge in [-0.05, 0) is 43.6 Å². The van der Waals surface area contributed by atoms with E-state index >= 15 is 0 Å². The molecular weight excluding hydrogens is 533 g/mol. The van der Waals surface area contributed by atoms with Crippen molar-refractivity contribution < 1.29 is 28.5 Å². The molecule has 0 fully saturated rings. The third-order valence-electron chi connectivity index (χ3n) is 7.06. The lowest BCUT2D eigenvalue weighted by atomic mass is 10.0. The zero-order valence-corrected chi connectivity index (χ0v) is 26.6.